The Morgan fingerprint density at radius 3 is 3.19 bits per heavy atom. The van der Waals surface area contributed by atoms with Crippen LogP contribution in [0.15, 0.2) is 18.2 Å². The molecular formula is C12H16N4. The Balaban J connectivity index is 2.08. The quantitative estimate of drug-likeness (QED) is 0.785. The zero-order valence-corrected chi connectivity index (χ0v) is 9.48. The van der Waals surface area contributed by atoms with Gasteiger partial charge in [0.25, 0.3) is 0 Å². The first-order valence-corrected chi connectivity index (χ1v) is 5.88. The molecule has 0 amide bonds. The number of pyridine rings is 1. The van der Waals surface area contributed by atoms with Gasteiger partial charge in [-0.15, -0.1) is 5.10 Å². The van der Waals surface area contributed by atoms with E-state index in [1.807, 2.05) is 11.4 Å². The first kappa shape index (κ1) is 9.78. The Kier molecular flexibility index (Phi) is 2.36. The van der Waals surface area contributed by atoms with E-state index in [1.54, 1.807) is 0 Å². The molecule has 0 radical (unpaired) electrons. The van der Waals surface area contributed by atoms with E-state index in [-0.39, 0.29) is 0 Å². The van der Waals surface area contributed by atoms with Gasteiger partial charge in [0.15, 0.2) is 0 Å². The highest BCUT2D eigenvalue weighted by Gasteiger charge is 2.18. The summed E-state index contributed by atoms with van der Waals surface area (Å²) in [6, 6.07) is 6.35. The molecule has 0 aromatic carbocycles. The molecule has 3 rings (SSSR count). The lowest BCUT2D eigenvalue weighted by Gasteiger charge is -2.23. The predicted molar refractivity (Wildman–Crippen MR) is 62.6 cm³/mol. The van der Waals surface area contributed by atoms with Crippen LogP contribution in [-0.2, 0) is 0 Å². The third kappa shape index (κ3) is 1.50. The minimum absolute atomic E-state index is 0.568. The third-order valence-corrected chi connectivity index (χ3v) is 3.36. The van der Waals surface area contributed by atoms with E-state index in [2.05, 4.69) is 33.8 Å². The Labute approximate surface area is 94.7 Å². The molecule has 2 aromatic heterocycles. The lowest BCUT2D eigenvalue weighted by atomic mass is 9.95. The zero-order chi connectivity index (χ0) is 11.0. The molecule has 1 atom stereocenters. The standard InChI is InChI=1S/C12H16N4/c1-9-11-5-2-6-12(16(11)15-14-9)10-4-3-7-13-8-10/h2,5-6,10,13H,3-4,7-8H2,1H3. The number of fused-ring (bicyclic) bond motifs is 1. The second-order valence-corrected chi connectivity index (χ2v) is 4.47. The van der Waals surface area contributed by atoms with Gasteiger partial charge in [0.2, 0.25) is 0 Å². The van der Waals surface area contributed by atoms with Crippen LogP contribution in [0.3, 0.4) is 0 Å². The fraction of sp³-hybridized carbons (Fsp3) is 0.500. The summed E-state index contributed by atoms with van der Waals surface area (Å²) in [5.41, 5.74) is 3.42. The molecule has 1 aliphatic heterocycles. The number of hydrogen-bond acceptors (Lipinski definition) is 3. The van der Waals surface area contributed by atoms with Crippen molar-refractivity contribution in [2.45, 2.75) is 25.7 Å². The van der Waals surface area contributed by atoms with Gasteiger partial charge in [0, 0.05) is 18.2 Å². The lowest BCUT2D eigenvalue weighted by Crippen LogP contribution is -2.29. The van der Waals surface area contributed by atoms with Gasteiger partial charge in [-0.25, -0.2) is 4.52 Å². The fourth-order valence-electron chi connectivity index (χ4n) is 2.47. The molecule has 0 bridgehead atoms. The Hall–Kier alpha value is -1.42. The molecule has 84 valence electrons. The van der Waals surface area contributed by atoms with E-state index in [0.717, 1.165) is 24.3 Å². The molecule has 1 N–H and O–H groups in total. The largest absolute Gasteiger partial charge is 0.316 e. The van der Waals surface area contributed by atoms with Gasteiger partial charge in [-0.1, -0.05) is 11.3 Å². The van der Waals surface area contributed by atoms with Crippen molar-refractivity contribution >= 4 is 5.52 Å². The van der Waals surface area contributed by atoms with Crippen LogP contribution in [0.1, 0.15) is 30.1 Å². The number of hydrogen-bond donors (Lipinski definition) is 1. The van der Waals surface area contributed by atoms with E-state index >= 15 is 0 Å². The van der Waals surface area contributed by atoms with Gasteiger partial charge in [0.1, 0.15) is 0 Å². The predicted octanol–water partition coefficient (Wildman–Crippen LogP) is 1.50. The topological polar surface area (TPSA) is 42.2 Å². The summed E-state index contributed by atoms with van der Waals surface area (Å²) in [5.74, 6) is 0.568. The molecule has 0 spiro atoms. The minimum Gasteiger partial charge on any atom is -0.316 e. The lowest BCUT2D eigenvalue weighted by molar-refractivity contribution is 0.447. The average molecular weight is 216 g/mol. The summed E-state index contributed by atoms with van der Waals surface area (Å²) in [7, 11) is 0. The minimum atomic E-state index is 0.568. The van der Waals surface area contributed by atoms with Crippen LogP contribution >= 0.6 is 0 Å². The summed E-state index contributed by atoms with van der Waals surface area (Å²) in [5, 5.41) is 11.8. The van der Waals surface area contributed by atoms with Crippen molar-refractivity contribution in [1.29, 1.82) is 0 Å². The molecule has 1 fully saturated rings. The van der Waals surface area contributed by atoms with Crippen LogP contribution in [0.4, 0.5) is 0 Å². The van der Waals surface area contributed by atoms with Crippen molar-refractivity contribution in [2.24, 2.45) is 0 Å². The van der Waals surface area contributed by atoms with Crippen LogP contribution in [-0.4, -0.2) is 27.9 Å². The van der Waals surface area contributed by atoms with Crippen molar-refractivity contribution in [2.75, 3.05) is 13.1 Å². The Morgan fingerprint density at radius 1 is 1.44 bits per heavy atom. The van der Waals surface area contributed by atoms with Gasteiger partial charge in [-0.05, 0) is 38.4 Å². The highest BCUT2D eigenvalue weighted by atomic mass is 15.4. The Bertz CT molecular complexity index is 497. The number of aryl methyl sites for hydroxylation is 1. The van der Waals surface area contributed by atoms with Crippen molar-refractivity contribution in [3.8, 4) is 0 Å². The third-order valence-electron chi connectivity index (χ3n) is 3.36. The average Bonchev–Trinajstić information content (AvgIpc) is 2.73. The van der Waals surface area contributed by atoms with Crippen LogP contribution in [0.2, 0.25) is 0 Å². The fourth-order valence-corrected chi connectivity index (χ4v) is 2.47. The molecule has 1 unspecified atom stereocenters. The molecule has 1 saturated heterocycles. The summed E-state index contributed by atoms with van der Waals surface area (Å²) < 4.78 is 1.99. The van der Waals surface area contributed by atoms with E-state index in [0.29, 0.717) is 5.92 Å². The summed E-state index contributed by atoms with van der Waals surface area (Å²) in [4.78, 5) is 0. The van der Waals surface area contributed by atoms with Crippen molar-refractivity contribution in [3.05, 3.63) is 29.6 Å². The molecule has 2 aromatic rings. The van der Waals surface area contributed by atoms with Gasteiger partial charge in [-0.2, -0.15) is 0 Å². The molecule has 4 nitrogen and oxygen atoms in total. The van der Waals surface area contributed by atoms with E-state index in [1.165, 1.54) is 18.5 Å². The number of nitrogens with one attached hydrogen (secondary N) is 1. The number of aromatic nitrogens is 3. The highest BCUT2D eigenvalue weighted by Crippen LogP contribution is 2.23. The molecule has 16 heavy (non-hydrogen) atoms. The number of rotatable bonds is 1. The van der Waals surface area contributed by atoms with Crippen LogP contribution < -0.4 is 5.32 Å². The molecular weight excluding hydrogens is 200 g/mol. The molecule has 0 aliphatic carbocycles. The second kappa shape index (κ2) is 3.87. The monoisotopic (exact) mass is 216 g/mol. The SMILES string of the molecule is Cc1nnn2c(C3CCCNC3)cccc12. The summed E-state index contributed by atoms with van der Waals surface area (Å²) in [6.07, 6.45) is 2.49. The van der Waals surface area contributed by atoms with Gasteiger partial charge < -0.3 is 5.32 Å². The maximum Gasteiger partial charge on any atom is 0.0897 e. The van der Waals surface area contributed by atoms with Crippen LogP contribution in [0.5, 0.6) is 0 Å². The Morgan fingerprint density at radius 2 is 2.38 bits per heavy atom. The molecule has 4 heteroatoms. The normalized spacial score (nSPS) is 21.4. The van der Waals surface area contributed by atoms with Gasteiger partial charge in [-0.3, -0.25) is 0 Å². The first-order valence-electron chi connectivity index (χ1n) is 5.88. The molecule has 3 heterocycles. The van der Waals surface area contributed by atoms with Crippen LogP contribution in [0, 0.1) is 6.92 Å². The maximum absolute atomic E-state index is 4.23. The number of nitrogens with zero attached hydrogens (tertiary/aromatic N) is 3. The highest BCUT2D eigenvalue weighted by molar-refractivity contribution is 5.51. The molecule has 0 saturated carbocycles. The van der Waals surface area contributed by atoms with Crippen molar-refractivity contribution in [3.63, 3.8) is 0 Å². The van der Waals surface area contributed by atoms with E-state index in [9.17, 15) is 0 Å². The van der Waals surface area contributed by atoms with Crippen molar-refractivity contribution in [1.82, 2.24) is 20.1 Å². The smallest absolute Gasteiger partial charge is 0.0897 e. The van der Waals surface area contributed by atoms with Gasteiger partial charge in [0.05, 0.1) is 11.2 Å². The van der Waals surface area contributed by atoms with Crippen LogP contribution in [0.25, 0.3) is 5.52 Å². The van der Waals surface area contributed by atoms with Crippen molar-refractivity contribution < 1.29 is 0 Å². The number of piperidine rings is 1. The summed E-state index contributed by atoms with van der Waals surface area (Å²) in [6.45, 7) is 4.20. The second-order valence-electron chi connectivity index (χ2n) is 4.47. The van der Waals surface area contributed by atoms with E-state index in [4.69, 9.17) is 0 Å². The molecule has 1 aliphatic rings. The zero-order valence-electron chi connectivity index (χ0n) is 9.48. The maximum atomic E-state index is 4.23. The van der Waals surface area contributed by atoms with E-state index < -0.39 is 0 Å². The first-order chi connectivity index (χ1) is 7.86. The van der Waals surface area contributed by atoms with Gasteiger partial charge >= 0.3 is 0 Å². The summed E-state index contributed by atoms with van der Waals surface area (Å²) >= 11 is 0.